The lowest BCUT2D eigenvalue weighted by Gasteiger charge is -2.31. The van der Waals surface area contributed by atoms with Crippen LogP contribution in [0, 0.1) is 6.92 Å². The standard InChI is InChI=1S/C14H20ClNO2/c1-4-9-16(12(5-2)14(17)18)13-8-6-7-11(15)10(13)3/h6-8,12H,4-5,9H2,1-3H3,(H,17,18)/t12-/m0/s1. The van der Waals surface area contributed by atoms with Crippen molar-refractivity contribution >= 4 is 23.3 Å². The van der Waals surface area contributed by atoms with Crippen molar-refractivity contribution in [1.82, 2.24) is 0 Å². The number of nitrogens with zero attached hydrogens (tertiary/aromatic N) is 1. The zero-order valence-corrected chi connectivity index (χ0v) is 11.9. The number of carbonyl (C=O) groups is 1. The highest BCUT2D eigenvalue weighted by Crippen LogP contribution is 2.28. The molecule has 1 N–H and O–H groups in total. The molecule has 0 aliphatic heterocycles. The molecule has 0 unspecified atom stereocenters. The molecular formula is C14H20ClNO2. The molecule has 0 fully saturated rings. The summed E-state index contributed by atoms with van der Waals surface area (Å²) < 4.78 is 0. The van der Waals surface area contributed by atoms with Crippen molar-refractivity contribution in [3.8, 4) is 0 Å². The van der Waals surface area contributed by atoms with Crippen molar-refractivity contribution in [3.05, 3.63) is 28.8 Å². The van der Waals surface area contributed by atoms with Crippen LogP contribution in [-0.2, 0) is 4.79 Å². The first-order chi connectivity index (χ1) is 8.52. The summed E-state index contributed by atoms with van der Waals surface area (Å²) in [6.07, 6.45) is 1.47. The van der Waals surface area contributed by atoms with E-state index < -0.39 is 12.0 Å². The SMILES string of the molecule is CCCN(c1cccc(Cl)c1C)[C@@H](CC)C(=O)O. The van der Waals surface area contributed by atoms with E-state index >= 15 is 0 Å². The third kappa shape index (κ3) is 3.16. The molecule has 18 heavy (non-hydrogen) atoms. The van der Waals surface area contributed by atoms with E-state index in [0.29, 0.717) is 18.0 Å². The van der Waals surface area contributed by atoms with Crippen molar-refractivity contribution in [3.63, 3.8) is 0 Å². The maximum absolute atomic E-state index is 11.3. The average Bonchev–Trinajstić information content (AvgIpc) is 2.32. The van der Waals surface area contributed by atoms with Crippen molar-refractivity contribution in [2.75, 3.05) is 11.4 Å². The smallest absolute Gasteiger partial charge is 0.326 e. The van der Waals surface area contributed by atoms with Gasteiger partial charge in [-0.25, -0.2) is 4.79 Å². The first kappa shape index (κ1) is 14.8. The number of halogens is 1. The van der Waals surface area contributed by atoms with Gasteiger partial charge in [0.2, 0.25) is 0 Å². The second kappa shape index (κ2) is 6.64. The number of anilines is 1. The third-order valence-electron chi connectivity index (χ3n) is 3.06. The van der Waals surface area contributed by atoms with Crippen LogP contribution in [0.15, 0.2) is 18.2 Å². The van der Waals surface area contributed by atoms with Gasteiger partial charge in [-0.2, -0.15) is 0 Å². The zero-order valence-electron chi connectivity index (χ0n) is 11.1. The monoisotopic (exact) mass is 269 g/mol. The molecule has 0 aliphatic carbocycles. The summed E-state index contributed by atoms with van der Waals surface area (Å²) in [5, 5.41) is 9.99. The third-order valence-corrected chi connectivity index (χ3v) is 3.47. The largest absolute Gasteiger partial charge is 0.480 e. The Morgan fingerprint density at radius 3 is 2.61 bits per heavy atom. The number of carboxylic acid groups (broad SMARTS) is 1. The second-order valence-corrected chi connectivity index (χ2v) is 4.75. The number of rotatable bonds is 6. The molecule has 1 atom stereocenters. The lowest BCUT2D eigenvalue weighted by molar-refractivity contribution is -0.138. The first-order valence-corrected chi connectivity index (χ1v) is 6.65. The Labute approximate surface area is 113 Å². The molecule has 0 amide bonds. The Morgan fingerprint density at radius 2 is 2.11 bits per heavy atom. The van der Waals surface area contributed by atoms with Crippen LogP contribution in [0.3, 0.4) is 0 Å². The minimum Gasteiger partial charge on any atom is -0.480 e. The van der Waals surface area contributed by atoms with Crippen LogP contribution in [0.4, 0.5) is 5.69 Å². The van der Waals surface area contributed by atoms with Crippen molar-refractivity contribution in [2.24, 2.45) is 0 Å². The molecule has 4 heteroatoms. The van der Waals surface area contributed by atoms with E-state index in [4.69, 9.17) is 11.6 Å². The Hall–Kier alpha value is -1.22. The molecule has 1 aromatic rings. The van der Waals surface area contributed by atoms with Crippen molar-refractivity contribution < 1.29 is 9.90 Å². The Balaban J connectivity index is 3.18. The number of hydrogen-bond acceptors (Lipinski definition) is 2. The van der Waals surface area contributed by atoms with Crippen LogP contribution < -0.4 is 4.90 Å². The van der Waals surface area contributed by atoms with Crippen molar-refractivity contribution in [2.45, 2.75) is 39.7 Å². The molecule has 0 radical (unpaired) electrons. The first-order valence-electron chi connectivity index (χ1n) is 6.27. The van der Waals surface area contributed by atoms with E-state index in [1.807, 2.05) is 43.9 Å². The molecule has 0 saturated carbocycles. The van der Waals surface area contributed by atoms with Gasteiger partial charge in [-0.05, 0) is 37.5 Å². The second-order valence-electron chi connectivity index (χ2n) is 4.34. The van der Waals surface area contributed by atoms with Crippen LogP contribution in [0.25, 0.3) is 0 Å². The van der Waals surface area contributed by atoms with Gasteiger partial charge < -0.3 is 10.0 Å². The van der Waals surface area contributed by atoms with Gasteiger partial charge in [0.25, 0.3) is 0 Å². The van der Waals surface area contributed by atoms with Crippen LogP contribution >= 0.6 is 11.6 Å². The van der Waals surface area contributed by atoms with Gasteiger partial charge in [-0.15, -0.1) is 0 Å². The summed E-state index contributed by atoms with van der Waals surface area (Å²) >= 11 is 6.11. The zero-order chi connectivity index (χ0) is 13.7. The minimum absolute atomic E-state index is 0.498. The topological polar surface area (TPSA) is 40.5 Å². The molecule has 0 bridgehead atoms. The van der Waals surface area contributed by atoms with Crippen LogP contribution in [0.1, 0.15) is 32.3 Å². The predicted octanol–water partition coefficient (Wildman–Crippen LogP) is 3.73. The summed E-state index contributed by atoms with van der Waals surface area (Å²) in [6, 6.07) is 5.12. The summed E-state index contributed by atoms with van der Waals surface area (Å²) in [4.78, 5) is 13.3. The number of carboxylic acids is 1. The molecule has 1 aromatic carbocycles. The number of aliphatic carboxylic acids is 1. The van der Waals surface area contributed by atoms with Crippen molar-refractivity contribution in [1.29, 1.82) is 0 Å². The van der Waals surface area contributed by atoms with Gasteiger partial charge in [-0.3, -0.25) is 0 Å². The molecule has 0 spiro atoms. The highest BCUT2D eigenvalue weighted by Gasteiger charge is 2.24. The molecule has 100 valence electrons. The quantitative estimate of drug-likeness (QED) is 0.855. The Kier molecular flexibility index (Phi) is 5.48. The lowest BCUT2D eigenvalue weighted by atomic mass is 10.1. The highest BCUT2D eigenvalue weighted by molar-refractivity contribution is 6.31. The van der Waals surface area contributed by atoms with Crippen LogP contribution in [0.2, 0.25) is 5.02 Å². The number of hydrogen-bond donors (Lipinski definition) is 1. The Bertz CT molecular complexity index is 420. The highest BCUT2D eigenvalue weighted by atomic mass is 35.5. The lowest BCUT2D eigenvalue weighted by Crippen LogP contribution is -2.41. The van der Waals surface area contributed by atoms with Gasteiger partial charge in [0.1, 0.15) is 6.04 Å². The fraction of sp³-hybridized carbons (Fsp3) is 0.500. The van der Waals surface area contributed by atoms with E-state index in [9.17, 15) is 9.90 Å². The molecule has 3 nitrogen and oxygen atoms in total. The summed E-state index contributed by atoms with van der Waals surface area (Å²) in [5.41, 5.74) is 1.85. The summed E-state index contributed by atoms with van der Waals surface area (Å²) in [5.74, 6) is -0.787. The molecule has 0 heterocycles. The van der Waals surface area contributed by atoms with Gasteiger partial charge in [0.05, 0.1) is 0 Å². The molecule has 0 saturated heterocycles. The van der Waals surface area contributed by atoms with E-state index in [1.54, 1.807) is 0 Å². The van der Waals surface area contributed by atoms with Gasteiger partial charge in [0.15, 0.2) is 0 Å². The summed E-state index contributed by atoms with van der Waals surface area (Å²) in [6.45, 7) is 6.57. The van der Waals surface area contributed by atoms with E-state index in [0.717, 1.165) is 17.7 Å². The fourth-order valence-electron chi connectivity index (χ4n) is 2.12. The van der Waals surface area contributed by atoms with Gasteiger partial charge in [-0.1, -0.05) is 31.5 Å². The predicted molar refractivity (Wildman–Crippen MR) is 75.5 cm³/mol. The number of benzene rings is 1. The van der Waals surface area contributed by atoms with Gasteiger partial charge in [0, 0.05) is 17.3 Å². The molecule has 0 aliphatic rings. The van der Waals surface area contributed by atoms with Crippen LogP contribution in [-0.4, -0.2) is 23.7 Å². The van der Waals surface area contributed by atoms with E-state index in [-0.39, 0.29) is 0 Å². The van der Waals surface area contributed by atoms with Gasteiger partial charge >= 0.3 is 5.97 Å². The maximum Gasteiger partial charge on any atom is 0.326 e. The minimum atomic E-state index is -0.787. The molecular weight excluding hydrogens is 250 g/mol. The maximum atomic E-state index is 11.3. The fourth-order valence-corrected chi connectivity index (χ4v) is 2.29. The van der Waals surface area contributed by atoms with Crippen LogP contribution in [0.5, 0.6) is 0 Å². The molecule has 1 rings (SSSR count). The Morgan fingerprint density at radius 1 is 1.44 bits per heavy atom. The summed E-state index contributed by atoms with van der Waals surface area (Å²) in [7, 11) is 0. The molecule has 0 aromatic heterocycles. The van der Waals surface area contributed by atoms with E-state index in [1.165, 1.54) is 0 Å². The normalized spacial score (nSPS) is 12.2. The average molecular weight is 270 g/mol. The van der Waals surface area contributed by atoms with E-state index in [2.05, 4.69) is 0 Å².